The molecule has 1 aromatic rings. The van der Waals surface area contributed by atoms with E-state index in [0.29, 0.717) is 18.8 Å². The highest BCUT2D eigenvalue weighted by Crippen LogP contribution is 2.19. The zero-order valence-electron chi connectivity index (χ0n) is 14.0. The van der Waals surface area contributed by atoms with E-state index in [-0.39, 0.29) is 10.9 Å². The second-order valence-corrected chi connectivity index (χ2v) is 8.45. The number of amides is 2. The Morgan fingerprint density at radius 2 is 1.62 bits per heavy atom. The van der Waals surface area contributed by atoms with Gasteiger partial charge in [0.2, 0.25) is 10.0 Å². The van der Waals surface area contributed by atoms with E-state index in [1.807, 2.05) is 0 Å². The monoisotopic (exact) mass is 353 g/mol. The lowest BCUT2D eigenvalue weighted by molar-refractivity contribution is -0.883. The van der Waals surface area contributed by atoms with Crippen molar-refractivity contribution in [1.82, 2.24) is 9.21 Å². The van der Waals surface area contributed by atoms with E-state index in [2.05, 4.69) is 12.4 Å². The molecule has 0 spiro atoms. The predicted molar refractivity (Wildman–Crippen MR) is 91.6 cm³/mol. The van der Waals surface area contributed by atoms with Crippen LogP contribution < -0.4 is 10.2 Å². The Labute approximate surface area is 143 Å². The number of benzene rings is 1. The molecular weight excluding hydrogens is 328 g/mol. The number of hydrogen-bond acceptors (Lipinski definition) is 3. The Balaban J connectivity index is 1.66. The minimum atomic E-state index is -3.45. The van der Waals surface area contributed by atoms with E-state index in [4.69, 9.17) is 0 Å². The molecule has 0 bridgehead atoms. The number of anilines is 1. The lowest BCUT2D eigenvalue weighted by Gasteiger charge is -2.29. The van der Waals surface area contributed by atoms with Gasteiger partial charge in [-0.3, -0.25) is 0 Å². The highest BCUT2D eigenvalue weighted by atomic mass is 32.2. The van der Waals surface area contributed by atoms with E-state index >= 15 is 0 Å². The molecule has 2 fully saturated rings. The number of likely N-dealkylation sites (tertiary alicyclic amines) is 1. The van der Waals surface area contributed by atoms with Crippen LogP contribution in [0.3, 0.4) is 0 Å². The van der Waals surface area contributed by atoms with Gasteiger partial charge in [0.15, 0.2) is 0 Å². The molecule has 132 valence electrons. The number of rotatable bonds is 3. The second-order valence-electron chi connectivity index (χ2n) is 6.51. The van der Waals surface area contributed by atoms with Crippen LogP contribution in [0.1, 0.15) is 12.8 Å². The molecule has 0 unspecified atom stereocenters. The van der Waals surface area contributed by atoms with Gasteiger partial charge in [-0.25, -0.2) is 13.2 Å². The van der Waals surface area contributed by atoms with Crippen molar-refractivity contribution in [2.75, 3.05) is 51.6 Å². The summed E-state index contributed by atoms with van der Waals surface area (Å²) in [6.07, 6.45) is 2.08. The summed E-state index contributed by atoms with van der Waals surface area (Å²) in [5, 5.41) is 2.82. The third-order valence-electron chi connectivity index (χ3n) is 4.71. The van der Waals surface area contributed by atoms with Gasteiger partial charge in [0, 0.05) is 18.8 Å². The smallest absolute Gasteiger partial charge is 0.321 e. The number of carbonyl (C=O) groups is 1. The van der Waals surface area contributed by atoms with Crippen LogP contribution in [0.4, 0.5) is 10.5 Å². The number of quaternary nitrogens is 1. The van der Waals surface area contributed by atoms with Crippen molar-refractivity contribution in [3.05, 3.63) is 24.3 Å². The van der Waals surface area contributed by atoms with Crippen LogP contribution in [0.25, 0.3) is 0 Å². The molecule has 0 saturated carbocycles. The highest BCUT2D eigenvalue weighted by Gasteiger charge is 2.29. The summed E-state index contributed by atoms with van der Waals surface area (Å²) in [5.41, 5.74) is 0.619. The largest absolute Gasteiger partial charge is 0.335 e. The molecule has 0 aromatic heterocycles. The average molecular weight is 353 g/mol. The topological polar surface area (TPSA) is 74.2 Å². The van der Waals surface area contributed by atoms with E-state index < -0.39 is 10.0 Å². The van der Waals surface area contributed by atoms with Crippen LogP contribution in [0.2, 0.25) is 0 Å². The Morgan fingerprint density at radius 3 is 2.21 bits per heavy atom. The summed E-state index contributed by atoms with van der Waals surface area (Å²) >= 11 is 0. The van der Waals surface area contributed by atoms with Crippen molar-refractivity contribution < 1.29 is 18.1 Å². The summed E-state index contributed by atoms with van der Waals surface area (Å²) in [5.74, 6) is 0. The summed E-state index contributed by atoms with van der Waals surface area (Å²) in [7, 11) is -1.38. The van der Waals surface area contributed by atoms with Crippen LogP contribution in [-0.4, -0.2) is 70.0 Å². The number of piperazine rings is 1. The number of urea groups is 1. The third kappa shape index (κ3) is 3.71. The van der Waals surface area contributed by atoms with Gasteiger partial charge in [-0.05, 0) is 37.1 Å². The third-order valence-corrected chi connectivity index (χ3v) is 6.63. The summed E-state index contributed by atoms with van der Waals surface area (Å²) < 4.78 is 26.9. The van der Waals surface area contributed by atoms with Crippen LogP contribution in [0.5, 0.6) is 0 Å². The number of carbonyl (C=O) groups excluding carboxylic acids is 1. The molecule has 0 radical (unpaired) electrons. The van der Waals surface area contributed by atoms with Crippen molar-refractivity contribution in [2.45, 2.75) is 17.7 Å². The maximum atomic E-state index is 12.7. The number of nitrogens with zero attached hydrogens (tertiary/aromatic N) is 2. The number of likely N-dealkylation sites (N-methyl/N-ethyl adjacent to an activating group) is 1. The maximum Gasteiger partial charge on any atom is 0.321 e. The lowest BCUT2D eigenvalue weighted by atomic mass is 10.3. The van der Waals surface area contributed by atoms with E-state index in [9.17, 15) is 13.2 Å². The number of nitrogens with one attached hydrogen (secondary N) is 2. The normalized spacial score (nSPS) is 20.3. The molecule has 2 aliphatic heterocycles. The Hall–Kier alpha value is -1.64. The van der Waals surface area contributed by atoms with Crippen molar-refractivity contribution in [3.63, 3.8) is 0 Å². The van der Waals surface area contributed by atoms with E-state index in [0.717, 1.165) is 39.0 Å². The zero-order chi connectivity index (χ0) is 17.2. The molecule has 2 amide bonds. The molecule has 0 atom stereocenters. The maximum absolute atomic E-state index is 12.7. The molecule has 1 aromatic carbocycles. The summed E-state index contributed by atoms with van der Waals surface area (Å²) in [4.78, 5) is 15.5. The van der Waals surface area contributed by atoms with Crippen molar-refractivity contribution >= 4 is 21.7 Å². The standard InChI is InChI=1S/C16H24N4O3S/c1-18-10-12-20(13-11-18)24(22,23)15-6-4-14(5-7-15)17-16(21)19-8-2-3-9-19/h4-7H,2-3,8-13H2,1H3,(H,17,21)/p+1. The Kier molecular flexibility index (Phi) is 5.07. The van der Waals surface area contributed by atoms with Gasteiger partial charge in [0.05, 0.1) is 38.1 Å². The molecule has 0 aliphatic carbocycles. The van der Waals surface area contributed by atoms with Crippen LogP contribution in [0, 0.1) is 0 Å². The average Bonchev–Trinajstić information content (AvgIpc) is 3.10. The fraction of sp³-hybridized carbons (Fsp3) is 0.562. The molecule has 3 rings (SSSR count). The van der Waals surface area contributed by atoms with Crippen molar-refractivity contribution in [2.24, 2.45) is 0 Å². The minimum absolute atomic E-state index is 0.120. The Bertz CT molecular complexity index is 676. The minimum Gasteiger partial charge on any atom is -0.335 e. The lowest BCUT2D eigenvalue weighted by Crippen LogP contribution is -3.12. The first-order valence-electron chi connectivity index (χ1n) is 8.44. The fourth-order valence-electron chi connectivity index (χ4n) is 3.09. The molecule has 2 N–H and O–H groups in total. The van der Waals surface area contributed by atoms with Gasteiger partial charge in [-0.1, -0.05) is 0 Å². The number of sulfonamides is 1. The van der Waals surface area contributed by atoms with Gasteiger partial charge < -0.3 is 15.1 Å². The first kappa shape index (κ1) is 17.2. The SMILES string of the molecule is C[NH+]1CCN(S(=O)(=O)c2ccc(NC(=O)N3CCCC3)cc2)CC1. The fourth-order valence-corrected chi connectivity index (χ4v) is 4.53. The van der Waals surface area contributed by atoms with Gasteiger partial charge >= 0.3 is 6.03 Å². The first-order valence-corrected chi connectivity index (χ1v) is 9.88. The van der Waals surface area contributed by atoms with Crippen LogP contribution >= 0.6 is 0 Å². The van der Waals surface area contributed by atoms with Gasteiger partial charge in [0.25, 0.3) is 0 Å². The molecule has 8 heteroatoms. The molecule has 2 saturated heterocycles. The van der Waals surface area contributed by atoms with Crippen LogP contribution in [0.15, 0.2) is 29.2 Å². The molecular formula is C16H25N4O3S+. The van der Waals surface area contributed by atoms with Gasteiger partial charge in [-0.15, -0.1) is 0 Å². The van der Waals surface area contributed by atoms with Crippen molar-refractivity contribution in [3.8, 4) is 0 Å². The highest BCUT2D eigenvalue weighted by molar-refractivity contribution is 7.89. The molecule has 24 heavy (non-hydrogen) atoms. The quantitative estimate of drug-likeness (QED) is 0.793. The van der Waals surface area contributed by atoms with E-state index in [1.165, 1.54) is 9.21 Å². The zero-order valence-corrected chi connectivity index (χ0v) is 14.8. The van der Waals surface area contributed by atoms with Crippen LogP contribution in [-0.2, 0) is 10.0 Å². The van der Waals surface area contributed by atoms with Gasteiger partial charge in [0.1, 0.15) is 0 Å². The Morgan fingerprint density at radius 1 is 1.04 bits per heavy atom. The predicted octanol–water partition coefficient (Wildman–Crippen LogP) is -0.167. The second kappa shape index (κ2) is 7.08. The molecule has 7 nitrogen and oxygen atoms in total. The molecule has 2 aliphatic rings. The summed E-state index contributed by atoms with van der Waals surface area (Å²) in [6.45, 7) is 4.29. The molecule has 2 heterocycles. The van der Waals surface area contributed by atoms with E-state index in [1.54, 1.807) is 29.2 Å². The van der Waals surface area contributed by atoms with Gasteiger partial charge in [-0.2, -0.15) is 4.31 Å². The summed E-state index contributed by atoms with van der Waals surface area (Å²) in [6, 6.07) is 6.33. The van der Waals surface area contributed by atoms with Crippen molar-refractivity contribution in [1.29, 1.82) is 0 Å². The number of hydrogen-bond donors (Lipinski definition) is 2. The first-order chi connectivity index (χ1) is 11.5.